The van der Waals surface area contributed by atoms with Gasteiger partial charge >= 0.3 is 0 Å². The Morgan fingerprint density at radius 3 is 1.96 bits per heavy atom. The Bertz CT molecular complexity index is 785. The highest BCUT2D eigenvalue weighted by molar-refractivity contribution is 5.96. The molecule has 0 saturated heterocycles. The van der Waals surface area contributed by atoms with Crippen molar-refractivity contribution in [2.75, 3.05) is 14.2 Å². The Morgan fingerprint density at radius 1 is 0.960 bits per heavy atom. The number of aromatic hydroxyl groups is 4. The lowest BCUT2D eigenvalue weighted by atomic mass is 10.2. The molecule has 0 aromatic heterocycles. The van der Waals surface area contributed by atoms with Gasteiger partial charge in [0, 0.05) is 11.1 Å². The lowest BCUT2D eigenvalue weighted by Crippen LogP contribution is -2.17. The number of hydrogen-bond donors (Lipinski definition) is 5. The van der Waals surface area contributed by atoms with Gasteiger partial charge in [0.2, 0.25) is 5.75 Å². The van der Waals surface area contributed by atoms with E-state index in [4.69, 9.17) is 9.47 Å². The molecule has 0 spiro atoms. The van der Waals surface area contributed by atoms with Crippen molar-refractivity contribution < 1.29 is 34.7 Å². The average Bonchev–Trinajstić information content (AvgIpc) is 2.60. The second kappa shape index (κ2) is 7.30. The number of carbonyl (C=O) groups excluding carboxylic acids is 1. The van der Waals surface area contributed by atoms with Gasteiger partial charge in [0.1, 0.15) is 0 Å². The van der Waals surface area contributed by atoms with Crippen molar-refractivity contribution in [1.29, 1.82) is 0 Å². The number of ether oxygens (including phenoxy) is 2. The Kier molecular flexibility index (Phi) is 5.18. The summed E-state index contributed by atoms with van der Waals surface area (Å²) >= 11 is 0. The molecule has 0 atom stereocenters. The van der Waals surface area contributed by atoms with Crippen LogP contribution >= 0.6 is 0 Å². The SMILES string of the molecule is COc1cc(/C=N/NC(=O)c2cc(O)c(O)c(O)c2)cc(OC)c1O. The molecule has 1 amide bonds. The maximum Gasteiger partial charge on any atom is 0.271 e. The van der Waals surface area contributed by atoms with E-state index < -0.39 is 23.2 Å². The number of nitrogens with one attached hydrogen (secondary N) is 1. The number of carbonyl (C=O) groups is 1. The lowest BCUT2D eigenvalue weighted by molar-refractivity contribution is 0.0954. The molecular formula is C16H16N2O7. The van der Waals surface area contributed by atoms with Crippen LogP contribution in [0.3, 0.4) is 0 Å². The first-order valence-electron chi connectivity index (χ1n) is 6.90. The molecule has 5 N–H and O–H groups in total. The molecule has 0 radical (unpaired) electrons. The Hall–Kier alpha value is -3.62. The minimum absolute atomic E-state index is 0.106. The van der Waals surface area contributed by atoms with Gasteiger partial charge in [-0.15, -0.1) is 0 Å². The molecule has 0 aliphatic heterocycles. The normalized spacial score (nSPS) is 10.6. The number of methoxy groups -OCH3 is 2. The van der Waals surface area contributed by atoms with Gasteiger partial charge in [0.05, 0.1) is 20.4 Å². The van der Waals surface area contributed by atoms with E-state index in [9.17, 15) is 25.2 Å². The third-order valence-electron chi connectivity index (χ3n) is 3.21. The van der Waals surface area contributed by atoms with Crippen LogP contribution in [0.1, 0.15) is 15.9 Å². The highest BCUT2D eigenvalue weighted by Gasteiger charge is 2.13. The predicted octanol–water partition coefficient (Wildman–Crippen LogP) is 1.29. The van der Waals surface area contributed by atoms with Crippen molar-refractivity contribution in [2.24, 2.45) is 5.10 Å². The second-order valence-electron chi connectivity index (χ2n) is 4.84. The topological polar surface area (TPSA) is 141 Å². The number of hydrazone groups is 1. The van der Waals surface area contributed by atoms with Crippen molar-refractivity contribution in [3.63, 3.8) is 0 Å². The van der Waals surface area contributed by atoms with Crippen molar-refractivity contribution in [2.45, 2.75) is 0 Å². The zero-order valence-corrected chi connectivity index (χ0v) is 13.3. The number of phenols is 4. The second-order valence-corrected chi connectivity index (χ2v) is 4.84. The van der Waals surface area contributed by atoms with E-state index in [-0.39, 0.29) is 22.8 Å². The zero-order valence-electron chi connectivity index (χ0n) is 13.3. The summed E-state index contributed by atoms with van der Waals surface area (Å²) in [6.07, 6.45) is 1.28. The molecule has 132 valence electrons. The fourth-order valence-corrected chi connectivity index (χ4v) is 1.95. The minimum atomic E-state index is -0.723. The van der Waals surface area contributed by atoms with Crippen LogP contribution in [0.5, 0.6) is 34.5 Å². The Labute approximate surface area is 142 Å². The minimum Gasteiger partial charge on any atom is -0.504 e. The predicted molar refractivity (Wildman–Crippen MR) is 87.7 cm³/mol. The molecule has 0 heterocycles. The largest absolute Gasteiger partial charge is 0.504 e. The number of hydrogen-bond acceptors (Lipinski definition) is 8. The molecular weight excluding hydrogens is 332 g/mol. The Morgan fingerprint density at radius 2 is 1.48 bits per heavy atom. The van der Waals surface area contributed by atoms with Crippen LogP contribution in [0.4, 0.5) is 0 Å². The first-order valence-corrected chi connectivity index (χ1v) is 6.90. The molecule has 9 heteroatoms. The smallest absolute Gasteiger partial charge is 0.271 e. The van der Waals surface area contributed by atoms with Crippen molar-refractivity contribution >= 4 is 12.1 Å². The molecule has 0 saturated carbocycles. The molecule has 2 aromatic rings. The number of benzene rings is 2. The van der Waals surface area contributed by atoms with E-state index in [1.54, 1.807) is 0 Å². The molecule has 2 aromatic carbocycles. The van der Waals surface area contributed by atoms with Gasteiger partial charge in [-0.05, 0) is 24.3 Å². The molecule has 0 aliphatic rings. The van der Waals surface area contributed by atoms with Crippen LogP contribution in [0.15, 0.2) is 29.4 Å². The number of rotatable bonds is 5. The molecule has 0 bridgehead atoms. The summed E-state index contributed by atoms with van der Waals surface area (Å²) in [6, 6.07) is 4.91. The van der Waals surface area contributed by atoms with E-state index in [1.807, 2.05) is 0 Å². The summed E-state index contributed by atoms with van der Waals surface area (Å²) in [5, 5.41) is 41.6. The van der Waals surface area contributed by atoms with E-state index >= 15 is 0 Å². The maximum atomic E-state index is 11.9. The third-order valence-corrected chi connectivity index (χ3v) is 3.21. The van der Waals surface area contributed by atoms with Crippen LogP contribution in [-0.4, -0.2) is 46.8 Å². The Balaban J connectivity index is 2.17. The summed E-state index contributed by atoms with van der Waals surface area (Å²) in [5.41, 5.74) is 2.56. The van der Waals surface area contributed by atoms with E-state index in [2.05, 4.69) is 10.5 Å². The molecule has 25 heavy (non-hydrogen) atoms. The van der Waals surface area contributed by atoms with Gasteiger partial charge in [0.15, 0.2) is 28.7 Å². The summed E-state index contributed by atoms with van der Waals surface area (Å²) in [7, 11) is 2.75. The van der Waals surface area contributed by atoms with Gasteiger partial charge < -0.3 is 29.9 Å². The standard InChI is InChI=1S/C16H16N2O7/c1-24-12-3-8(4-13(25-2)15(12)22)7-17-18-16(23)9-5-10(19)14(21)11(20)6-9/h3-7,19-22H,1-2H3,(H,18,23)/b17-7+. The fraction of sp³-hybridized carbons (Fsp3) is 0.125. The quantitative estimate of drug-likeness (QED) is 0.311. The van der Waals surface area contributed by atoms with Crippen LogP contribution in [0.25, 0.3) is 0 Å². The fourth-order valence-electron chi connectivity index (χ4n) is 1.95. The van der Waals surface area contributed by atoms with E-state index in [0.29, 0.717) is 5.56 Å². The van der Waals surface area contributed by atoms with Gasteiger partial charge in [-0.2, -0.15) is 5.10 Å². The number of amides is 1. The molecule has 9 nitrogen and oxygen atoms in total. The summed E-state index contributed by atoms with van der Waals surface area (Å²) in [5.74, 6) is -2.55. The van der Waals surface area contributed by atoms with Gasteiger partial charge in [-0.3, -0.25) is 4.79 Å². The van der Waals surface area contributed by atoms with E-state index in [1.165, 1.54) is 32.6 Å². The summed E-state index contributed by atoms with van der Waals surface area (Å²) in [6.45, 7) is 0. The highest BCUT2D eigenvalue weighted by Crippen LogP contribution is 2.37. The van der Waals surface area contributed by atoms with Crippen molar-refractivity contribution in [3.05, 3.63) is 35.4 Å². The van der Waals surface area contributed by atoms with Crippen LogP contribution < -0.4 is 14.9 Å². The number of phenolic OH excluding ortho intramolecular Hbond substituents is 4. The third kappa shape index (κ3) is 3.83. The maximum absolute atomic E-state index is 11.9. The van der Waals surface area contributed by atoms with Crippen molar-refractivity contribution in [3.8, 4) is 34.5 Å². The monoisotopic (exact) mass is 348 g/mol. The first kappa shape index (κ1) is 17.7. The van der Waals surface area contributed by atoms with Crippen LogP contribution in [-0.2, 0) is 0 Å². The van der Waals surface area contributed by atoms with Gasteiger partial charge in [0.25, 0.3) is 5.91 Å². The molecule has 2 rings (SSSR count). The van der Waals surface area contributed by atoms with Crippen LogP contribution in [0.2, 0.25) is 0 Å². The van der Waals surface area contributed by atoms with Gasteiger partial charge in [-0.1, -0.05) is 0 Å². The van der Waals surface area contributed by atoms with E-state index in [0.717, 1.165) is 12.1 Å². The molecule has 0 fully saturated rings. The summed E-state index contributed by atoms with van der Waals surface area (Å²) < 4.78 is 10.0. The molecule has 0 aliphatic carbocycles. The molecule has 0 unspecified atom stereocenters. The summed E-state index contributed by atoms with van der Waals surface area (Å²) in [4.78, 5) is 11.9. The lowest BCUT2D eigenvalue weighted by Gasteiger charge is -2.09. The highest BCUT2D eigenvalue weighted by atomic mass is 16.5. The van der Waals surface area contributed by atoms with Crippen molar-refractivity contribution in [1.82, 2.24) is 5.43 Å². The van der Waals surface area contributed by atoms with Gasteiger partial charge in [-0.25, -0.2) is 5.43 Å². The number of nitrogens with zero attached hydrogens (tertiary/aromatic N) is 1. The average molecular weight is 348 g/mol. The first-order chi connectivity index (χ1) is 11.9. The zero-order chi connectivity index (χ0) is 18.6. The van der Waals surface area contributed by atoms with Crippen LogP contribution in [0, 0.1) is 0 Å².